The van der Waals surface area contributed by atoms with Gasteiger partial charge in [-0.1, -0.05) is 36.4 Å². The molecule has 3 heteroatoms. The van der Waals surface area contributed by atoms with Crippen molar-refractivity contribution in [3.63, 3.8) is 0 Å². The van der Waals surface area contributed by atoms with Crippen LogP contribution in [0.1, 0.15) is 33.7 Å². The Bertz CT molecular complexity index is 653. The van der Waals surface area contributed by atoms with Gasteiger partial charge in [-0.2, -0.15) is 0 Å². The normalized spacial score (nSPS) is 15.3. The van der Waals surface area contributed by atoms with Crippen LogP contribution in [0, 0.1) is 0 Å². The quantitative estimate of drug-likeness (QED) is 0.866. The van der Waals surface area contributed by atoms with Crippen molar-refractivity contribution in [3.05, 3.63) is 65.0 Å². The fourth-order valence-electron chi connectivity index (χ4n) is 2.66. The van der Waals surface area contributed by atoms with E-state index in [0.717, 1.165) is 25.0 Å². The molecule has 1 N–H and O–H groups in total. The smallest absolute Gasteiger partial charge is 0.354 e. The van der Waals surface area contributed by atoms with E-state index < -0.39 is 0 Å². The van der Waals surface area contributed by atoms with Crippen LogP contribution in [-0.2, 0) is 17.6 Å². The van der Waals surface area contributed by atoms with Crippen LogP contribution in [0.5, 0.6) is 0 Å². The number of rotatable bonds is 3. The summed E-state index contributed by atoms with van der Waals surface area (Å²) < 4.78 is 4.75. The predicted octanol–water partition coefficient (Wildman–Crippen LogP) is 3.37. The summed E-state index contributed by atoms with van der Waals surface area (Å²) in [6.07, 6.45) is 5.19. The highest BCUT2D eigenvalue weighted by atomic mass is 16.5. The molecule has 0 saturated heterocycles. The topological polar surface area (TPSA) is 42.1 Å². The van der Waals surface area contributed by atoms with E-state index in [2.05, 4.69) is 35.3 Å². The Morgan fingerprint density at radius 2 is 2.10 bits per heavy atom. The fourth-order valence-corrected chi connectivity index (χ4v) is 2.66. The van der Waals surface area contributed by atoms with Crippen molar-refractivity contribution in [2.75, 3.05) is 7.11 Å². The van der Waals surface area contributed by atoms with Gasteiger partial charge in [-0.25, -0.2) is 4.79 Å². The summed E-state index contributed by atoms with van der Waals surface area (Å²) in [7, 11) is 1.40. The number of benzene rings is 1. The summed E-state index contributed by atoms with van der Waals surface area (Å²) >= 11 is 0. The molecule has 2 aromatic rings. The Morgan fingerprint density at radius 3 is 2.85 bits per heavy atom. The SMILES string of the molecule is COC(=O)c1cc2c([nH]1)CC/C2=C/Cc1ccccc1. The van der Waals surface area contributed by atoms with Gasteiger partial charge >= 0.3 is 5.97 Å². The van der Waals surface area contributed by atoms with E-state index in [4.69, 9.17) is 4.74 Å². The van der Waals surface area contributed by atoms with E-state index >= 15 is 0 Å². The summed E-state index contributed by atoms with van der Waals surface area (Å²) in [6.45, 7) is 0. The molecule has 0 spiro atoms. The van der Waals surface area contributed by atoms with Crippen LogP contribution in [0.3, 0.4) is 0 Å². The van der Waals surface area contributed by atoms with Gasteiger partial charge in [0.05, 0.1) is 7.11 Å². The molecule has 0 radical (unpaired) electrons. The Hall–Kier alpha value is -2.29. The summed E-state index contributed by atoms with van der Waals surface area (Å²) in [4.78, 5) is 14.7. The zero-order valence-corrected chi connectivity index (χ0v) is 11.5. The molecule has 3 rings (SSSR count). The standard InChI is InChI=1S/C17H17NO2/c1-20-17(19)16-11-14-13(9-10-15(14)18-16)8-7-12-5-3-2-4-6-12/h2-6,8,11,18H,7,9-10H2,1H3/b13-8-. The first-order valence-electron chi connectivity index (χ1n) is 6.81. The number of nitrogens with one attached hydrogen (secondary N) is 1. The molecular weight excluding hydrogens is 250 g/mol. The number of aryl methyl sites for hydroxylation is 1. The van der Waals surface area contributed by atoms with Crippen molar-refractivity contribution in [1.82, 2.24) is 4.98 Å². The molecule has 1 aromatic heterocycles. The summed E-state index contributed by atoms with van der Waals surface area (Å²) in [5.41, 5.74) is 5.47. The second kappa shape index (κ2) is 5.37. The van der Waals surface area contributed by atoms with Crippen molar-refractivity contribution in [1.29, 1.82) is 0 Å². The van der Waals surface area contributed by atoms with Crippen molar-refractivity contribution in [2.24, 2.45) is 0 Å². The minimum Gasteiger partial charge on any atom is -0.464 e. The lowest BCUT2D eigenvalue weighted by molar-refractivity contribution is 0.0594. The summed E-state index contributed by atoms with van der Waals surface area (Å²) in [5.74, 6) is -0.304. The fraction of sp³-hybridized carbons (Fsp3) is 0.235. The summed E-state index contributed by atoms with van der Waals surface area (Å²) in [6, 6.07) is 12.3. The highest BCUT2D eigenvalue weighted by Gasteiger charge is 2.21. The Kier molecular flexibility index (Phi) is 3.42. The first-order valence-corrected chi connectivity index (χ1v) is 6.81. The van der Waals surface area contributed by atoms with Crippen LogP contribution in [-0.4, -0.2) is 18.1 Å². The van der Waals surface area contributed by atoms with Crippen LogP contribution in [0.25, 0.3) is 5.57 Å². The number of allylic oxidation sites excluding steroid dienone is 2. The Labute approximate surface area is 118 Å². The molecule has 1 aliphatic rings. The van der Waals surface area contributed by atoms with E-state index in [-0.39, 0.29) is 5.97 Å². The third-order valence-corrected chi connectivity index (χ3v) is 3.72. The summed E-state index contributed by atoms with van der Waals surface area (Å²) in [5, 5.41) is 0. The second-order valence-electron chi connectivity index (χ2n) is 4.99. The van der Waals surface area contributed by atoms with Gasteiger partial charge in [0.15, 0.2) is 0 Å². The van der Waals surface area contributed by atoms with Gasteiger partial charge in [-0.05, 0) is 42.0 Å². The lowest BCUT2D eigenvalue weighted by atomic mass is 10.1. The number of aromatic amines is 1. The van der Waals surface area contributed by atoms with Gasteiger partial charge in [0.2, 0.25) is 0 Å². The van der Waals surface area contributed by atoms with Crippen LogP contribution >= 0.6 is 0 Å². The van der Waals surface area contributed by atoms with Gasteiger partial charge < -0.3 is 9.72 Å². The van der Waals surface area contributed by atoms with Crippen molar-refractivity contribution in [3.8, 4) is 0 Å². The van der Waals surface area contributed by atoms with E-state index in [1.165, 1.54) is 23.8 Å². The molecule has 0 amide bonds. The number of aromatic nitrogens is 1. The first-order chi connectivity index (χ1) is 9.78. The third-order valence-electron chi connectivity index (χ3n) is 3.72. The molecule has 0 atom stereocenters. The predicted molar refractivity (Wildman–Crippen MR) is 78.6 cm³/mol. The lowest BCUT2D eigenvalue weighted by Gasteiger charge is -1.99. The number of esters is 1. The second-order valence-corrected chi connectivity index (χ2v) is 4.99. The number of H-pyrrole nitrogens is 1. The number of ether oxygens (including phenoxy) is 1. The van der Waals surface area contributed by atoms with Gasteiger partial charge in [-0.15, -0.1) is 0 Å². The van der Waals surface area contributed by atoms with E-state index in [1.54, 1.807) is 0 Å². The number of carbonyl (C=O) groups excluding carboxylic acids is 1. The van der Waals surface area contributed by atoms with E-state index in [1.807, 2.05) is 12.1 Å². The lowest BCUT2D eigenvalue weighted by Crippen LogP contribution is -2.01. The highest BCUT2D eigenvalue weighted by Crippen LogP contribution is 2.33. The first kappa shape index (κ1) is 12.7. The third kappa shape index (κ3) is 2.39. The van der Waals surface area contributed by atoms with Crippen molar-refractivity contribution >= 4 is 11.5 Å². The maximum atomic E-state index is 11.5. The average Bonchev–Trinajstić information content (AvgIpc) is 3.06. The molecule has 0 saturated carbocycles. The van der Waals surface area contributed by atoms with Crippen molar-refractivity contribution in [2.45, 2.75) is 19.3 Å². The molecule has 0 aliphatic heterocycles. The van der Waals surface area contributed by atoms with Gasteiger partial charge in [0.1, 0.15) is 5.69 Å². The molecule has 1 aliphatic carbocycles. The van der Waals surface area contributed by atoms with E-state index in [9.17, 15) is 4.79 Å². The molecule has 1 aromatic carbocycles. The molecule has 0 unspecified atom stereocenters. The molecule has 102 valence electrons. The van der Waals surface area contributed by atoms with Gasteiger partial charge in [0, 0.05) is 5.69 Å². The zero-order chi connectivity index (χ0) is 13.9. The number of fused-ring (bicyclic) bond motifs is 1. The largest absolute Gasteiger partial charge is 0.464 e. The van der Waals surface area contributed by atoms with E-state index in [0.29, 0.717) is 5.69 Å². The molecular formula is C17H17NO2. The van der Waals surface area contributed by atoms with Crippen LogP contribution in [0.4, 0.5) is 0 Å². The molecule has 20 heavy (non-hydrogen) atoms. The number of hydrogen-bond acceptors (Lipinski definition) is 2. The van der Waals surface area contributed by atoms with Crippen LogP contribution in [0.2, 0.25) is 0 Å². The Balaban J connectivity index is 1.81. The minimum absolute atomic E-state index is 0.304. The molecule has 3 nitrogen and oxygen atoms in total. The zero-order valence-electron chi connectivity index (χ0n) is 11.5. The monoisotopic (exact) mass is 267 g/mol. The average molecular weight is 267 g/mol. The molecule has 0 bridgehead atoms. The number of carbonyl (C=O) groups is 1. The maximum absolute atomic E-state index is 11.5. The molecule has 1 heterocycles. The van der Waals surface area contributed by atoms with Crippen molar-refractivity contribution < 1.29 is 9.53 Å². The highest BCUT2D eigenvalue weighted by molar-refractivity contribution is 5.90. The van der Waals surface area contributed by atoms with Crippen LogP contribution < -0.4 is 0 Å². The number of methoxy groups -OCH3 is 1. The number of hydrogen-bond donors (Lipinski definition) is 1. The Morgan fingerprint density at radius 1 is 1.30 bits per heavy atom. The van der Waals surface area contributed by atoms with Gasteiger partial charge in [-0.3, -0.25) is 0 Å². The maximum Gasteiger partial charge on any atom is 0.354 e. The molecule has 0 fully saturated rings. The minimum atomic E-state index is -0.304. The van der Waals surface area contributed by atoms with Gasteiger partial charge in [0.25, 0.3) is 0 Å². The van der Waals surface area contributed by atoms with Crippen LogP contribution in [0.15, 0.2) is 42.5 Å².